The Bertz CT molecular complexity index is 3970. The number of rotatable bonds is 6. The third-order valence-corrected chi connectivity index (χ3v) is 14.9. The minimum absolute atomic E-state index is 1.21. The highest BCUT2D eigenvalue weighted by molar-refractivity contribution is 6.27. The van der Waals surface area contributed by atoms with E-state index in [1.54, 1.807) is 0 Å². The van der Waals surface area contributed by atoms with Crippen LogP contribution in [0.2, 0.25) is 0 Å². The molecule has 0 aliphatic heterocycles. The fourth-order valence-electron chi connectivity index (χ4n) is 11.8. The molecule has 0 spiro atoms. The van der Waals surface area contributed by atoms with Crippen LogP contribution in [0.4, 0.5) is 0 Å². The van der Waals surface area contributed by atoms with Crippen molar-refractivity contribution in [2.24, 2.45) is 0 Å². The maximum absolute atomic E-state index is 2.40. The fraction of sp³-hybridized carbons (Fsp3) is 0. The quantitative estimate of drug-likeness (QED) is 0.146. The molecule has 0 heterocycles. The average molecular weight is 885 g/mol. The van der Waals surface area contributed by atoms with Gasteiger partial charge in [0.05, 0.1) is 0 Å². The van der Waals surface area contributed by atoms with Crippen molar-refractivity contribution in [3.8, 4) is 66.8 Å². The van der Waals surface area contributed by atoms with Crippen LogP contribution in [-0.2, 0) is 0 Å². The van der Waals surface area contributed by atoms with Crippen molar-refractivity contribution < 1.29 is 0 Å². The van der Waals surface area contributed by atoms with Gasteiger partial charge in [0.25, 0.3) is 0 Å². The first-order valence-corrected chi connectivity index (χ1v) is 24.3. The van der Waals surface area contributed by atoms with Crippen molar-refractivity contribution in [1.29, 1.82) is 0 Å². The summed E-state index contributed by atoms with van der Waals surface area (Å²) in [5.41, 5.74) is 14.9. The normalized spacial score (nSPS) is 11.7. The molecule has 0 saturated carbocycles. The molecule has 14 rings (SSSR count). The molecule has 0 amide bonds. The molecular formula is C70H44. The van der Waals surface area contributed by atoms with Gasteiger partial charge in [-0.25, -0.2) is 0 Å². The van der Waals surface area contributed by atoms with Gasteiger partial charge in [0.1, 0.15) is 0 Å². The van der Waals surface area contributed by atoms with Crippen LogP contribution >= 0.6 is 0 Å². The minimum atomic E-state index is 1.21. The average Bonchev–Trinajstić information content (AvgIpc) is 3.43. The largest absolute Gasteiger partial charge is 0.0616 e. The van der Waals surface area contributed by atoms with Crippen LogP contribution in [0.15, 0.2) is 267 Å². The highest BCUT2D eigenvalue weighted by Crippen LogP contribution is 2.50. The molecule has 0 saturated heterocycles. The maximum Gasteiger partial charge on any atom is -0.00201 e. The number of benzene rings is 14. The molecule has 0 aliphatic rings. The summed E-state index contributed by atoms with van der Waals surface area (Å²) in [5.74, 6) is 0. The summed E-state index contributed by atoms with van der Waals surface area (Å²) in [6, 6.07) is 98.9. The second kappa shape index (κ2) is 16.3. The van der Waals surface area contributed by atoms with E-state index in [-0.39, 0.29) is 0 Å². The zero-order valence-electron chi connectivity index (χ0n) is 38.4. The zero-order chi connectivity index (χ0) is 46.1. The lowest BCUT2D eigenvalue weighted by Crippen LogP contribution is -1.94. The topological polar surface area (TPSA) is 0 Å². The summed E-state index contributed by atoms with van der Waals surface area (Å²) < 4.78 is 0. The summed E-state index contributed by atoms with van der Waals surface area (Å²) in [4.78, 5) is 0. The third kappa shape index (κ3) is 6.31. The number of fused-ring (bicyclic) bond motifs is 7. The molecule has 0 unspecified atom stereocenters. The van der Waals surface area contributed by atoms with Crippen LogP contribution in [0.3, 0.4) is 0 Å². The molecule has 0 bridgehead atoms. The van der Waals surface area contributed by atoms with Crippen LogP contribution in [0.25, 0.3) is 142 Å². The molecular weight excluding hydrogens is 841 g/mol. The Balaban J connectivity index is 0.939. The van der Waals surface area contributed by atoms with Crippen LogP contribution in [0.1, 0.15) is 0 Å². The lowest BCUT2D eigenvalue weighted by atomic mass is 9.82. The molecule has 324 valence electrons. The van der Waals surface area contributed by atoms with Gasteiger partial charge in [0.15, 0.2) is 0 Å². The van der Waals surface area contributed by atoms with E-state index >= 15 is 0 Å². The molecule has 14 aromatic carbocycles. The molecule has 0 atom stereocenters. The maximum atomic E-state index is 2.40. The molecule has 0 aliphatic carbocycles. The molecule has 0 aromatic heterocycles. The Labute approximate surface area is 407 Å². The van der Waals surface area contributed by atoms with Crippen LogP contribution < -0.4 is 0 Å². The van der Waals surface area contributed by atoms with Gasteiger partial charge in [-0.1, -0.05) is 267 Å². The minimum Gasteiger partial charge on any atom is -0.0616 e. The summed E-state index contributed by atoms with van der Waals surface area (Å²) in [6.07, 6.45) is 0. The van der Waals surface area contributed by atoms with E-state index in [0.717, 1.165) is 0 Å². The summed E-state index contributed by atoms with van der Waals surface area (Å²) in [7, 11) is 0. The van der Waals surface area contributed by atoms with Crippen molar-refractivity contribution in [2.45, 2.75) is 0 Å². The van der Waals surface area contributed by atoms with Crippen LogP contribution in [-0.4, -0.2) is 0 Å². The second-order valence-electron chi connectivity index (χ2n) is 18.6. The Morgan fingerprint density at radius 2 is 0.371 bits per heavy atom. The first kappa shape index (κ1) is 40.0. The molecule has 0 nitrogen and oxygen atoms in total. The first-order valence-electron chi connectivity index (χ1n) is 24.3. The molecule has 14 aromatic rings. The second-order valence-corrected chi connectivity index (χ2v) is 18.6. The number of hydrogen-bond donors (Lipinski definition) is 0. The Kier molecular flexibility index (Phi) is 9.32. The van der Waals surface area contributed by atoms with E-state index in [4.69, 9.17) is 0 Å². The van der Waals surface area contributed by atoms with Crippen molar-refractivity contribution >= 4 is 75.4 Å². The monoisotopic (exact) mass is 884 g/mol. The summed E-state index contributed by atoms with van der Waals surface area (Å²) >= 11 is 0. The van der Waals surface area contributed by atoms with Crippen molar-refractivity contribution in [1.82, 2.24) is 0 Å². The Morgan fingerprint density at radius 1 is 0.129 bits per heavy atom. The van der Waals surface area contributed by atoms with Gasteiger partial charge >= 0.3 is 0 Å². The van der Waals surface area contributed by atoms with Crippen molar-refractivity contribution in [3.63, 3.8) is 0 Å². The van der Waals surface area contributed by atoms with E-state index in [0.29, 0.717) is 0 Å². The van der Waals surface area contributed by atoms with E-state index in [1.165, 1.54) is 142 Å². The lowest BCUT2D eigenvalue weighted by molar-refractivity contribution is 1.63. The highest BCUT2D eigenvalue weighted by Gasteiger charge is 2.22. The van der Waals surface area contributed by atoms with Crippen molar-refractivity contribution in [3.05, 3.63) is 267 Å². The lowest BCUT2D eigenvalue weighted by Gasteiger charge is -2.21. The van der Waals surface area contributed by atoms with E-state index in [1.807, 2.05) is 0 Å². The van der Waals surface area contributed by atoms with Crippen LogP contribution in [0.5, 0.6) is 0 Å². The van der Waals surface area contributed by atoms with E-state index < -0.39 is 0 Å². The number of hydrogen-bond acceptors (Lipinski definition) is 0. The first-order chi connectivity index (χ1) is 34.8. The highest BCUT2D eigenvalue weighted by atomic mass is 14.3. The van der Waals surface area contributed by atoms with E-state index in [9.17, 15) is 0 Å². The Hall–Kier alpha value is -9.10. The van der Waals surface area contributed by atoms with Gasteiger partial charge in [-0.3, -0.25) is 0 Å². The zero-order valence-corrected chi connectivity index (χ0v) is 38.4. The van der Waals surface area contributed by atoms with Gasteiger partial charge in [-0.15, -0.1) is 0 Å². The molecule has 0 heteroatoms. The SMILES string of the molecule is c1ccc2c(-c3ccc(-c4c5ccccc5c(-c5ccc(-c6c7ccccc7c(-c7ccc(-c8cccc9ccccc89)cc7)c7ccccc67)c6ccccc56)c5ccccc45)cc3)cccc2c1. The molecule has 0 radical (unpaired) electrons. The predicted molar refractivity (Wildman–Crippen MR) is 302 cm³/mol. The smallest absolute Gasteiger partial charge is 0.00201 e. The summed E-state index contributed by atoms with van der Waals surface area (Å²) in [5, 5.41) is 17.5. The van der Waals surface area contributed by atoms with Gasteiger partial charge in [0.2, 0.25) is 0 Å². The predicted octanol–water partition coefficient (Wildman–Crippen LogP) is 19.8. The third-order valence-electron chi connectivity index (χ3n) is 14.9. The van der Waals surface area contributed by atoms with Gasteiger partial charge in [-0.2, -0.15) is 0 Å². The molecule has 0 fully saturated rings. The Morgan fingerprint density at radius 3 is 0.700 bits per heavy atom. The molecule has 70 heavy (non-hydrogen) atoms. The van der Waals surface area contributed by atoms with Gasteiger partial charge < -0.3 is 0 Å². The molecule has 0 N–H and O–H groups in total. The standard InChI is InChI=1S/C70H44/c1-3-21-51-45(17-1)19-15-33-53(51)47-35-39-49(40-36-47)67-57-25-7-11-29-61(57)69(62-30-12-8-26-58(62)67)65-43-44-66(56-24-6-5-23-55(56)65)70-63-31-13-9-27-59(63)68(60-28-10-14-32-64(60)70)50-41-37-48(38-42-50)54-34-16-20-46-18-2-4-22-52(46)54/h1-44H. The van der Waals surface area contributed by atoms with Gasteiger partial charge in [-0.05, 0) is 142 Å². The fourth-order valence-corrected chi connectivity index (χ4v) is 11.8. The summed E-state index contributed by atoms with van der Waals surface area (Å²) in [6.45, 7) is 0. The van der Waals surface area contributed by atoms with Gasteiger partial charge in [0, 0.05) is 0 Å². The van der Waals surface area contributed by atoms with Crippen molar-refractivity contribution in [2.75, 3.05) is 0 Å². The van der Waals surface area contributed by atoms with Crippen LogP contribution in [0, 0.1) is 0 Å². The van der Waals surface area contributed by atoms with E-state index in [2.05, 4.69) is 267 Å².